The summed E-state index contributed by atoms with van der Waals surface area (Å²) in [6.07, 6.45) is 0. The van der Waals surface area contributed by atoms with Gasteiger partial charge in [0.1, 0.15) is 6.54 Å². The van der Waals surface area contributed by atoms with Crippen LogP contribution in [0.5, 0.6) is 0 Å². The average molecular weight is 422 g/mol. The molecular formula is C17H11BrCl2N4. The molecule has 4 rings (SSSR count). The molecule has 120 valence electrons. The molecule has 0 radical (unpaired) electrons. The summed E-state index contributed by atoms with van der Waals surface area (Å²) in [7, 11) is 0. The van der Waals surface area contributed by atoms with Crippen LogP contribution >= 0.6 is 39.1 Å². The minimum atomic E-state index is 0.282. The Morgan fingerprint density at radius 2 is 1.92 bits per heavy atom. The molecule has 0 saturated heterocycles. The number of benzene rings is 2. The SMILES string of the molecule is ClCc1nnc2n1-c1ccc(Br)cc1C(c1ccccc1Cl)=NC2. The van der Waals surface area contributed by atoms with E-state index in [0.717, 1.165) is 32.8 Å². The Kier molecular flexibility index (Phi) is 4.16. The van der Waals surface area contributed by atoms with Gasteiger partial charge in [0.25, 0.3) is 0 Å². The van der Waals surface area contributed by atoms with E-state index in [-0.39, 0.29) is 5.88 Å². The molecule has 2 heterocycles. The smallest absolute Gasteiger partial charge is 0.159 e. The van der Waals surface area contributed by atoms with Crippen molar-refractivity contribution < 1.29 is 0 Å². The van der Waals surface area contributed by atoms with Crippen LogP contribution < -0.4 is 0 Å². The lowest BCUT2D eigenvalue weighted by Gasteiger charge is -2.14. The van der Waals surface area contributed by atoms with E-state index in [0.29, 0.717) is 17.4 Å². The summed E-state index contributed by atoms with van der Waals surface area (Å²) < 4.78 is 2.94. The van der Waals surface area contributed by atoms with Crippen LogP contribution in [-0.4, -0.2) is 20.5 Å². The van der Waals surface area contributed by atoms with E-state index in [2.05, 4.69) is 26.1 Å². The largest absolute Gasteiger partial charge is 0.280 e. The molecule has 7 heteroatoms. The second-order valence-corrected chi connectivity index (χ2v) is 6.90. The van der Waals surface area contributed by atoms with Gasteiger partial charge in [0.15, 0.2) is 11.6 Å². The Hall–Kier alpha value is -1.69. The van der Waals surface area contributed by atoms with Crippen molar-refractivity contribution in [2.75, 3.05) is 0 Å². The number of halogens is 3. The first-order valence-corrected chi connectivity index (χ1v) is 8.98. The first-order valence-electron chi connectivity index (χ1n) is 7.28. The first-order chi connectivity index (χ1) is 11.7. The maximum absolute atomic E-state index is 6.41. The summed E-state index contributed by atoms with van der Waals surface area (Å²) in [5.41, 5.74) is 3.64. The predicted molar refractivity (Wildman–Crippen MR) is 99.4 cm³/mol. The van der Waals surface area contributed by atoms with E-state index in [9.17, 15) is 0 Å². The third-order valence-electron chi connectivity index (χ3n) is 3.88. The fourth-order valence-electron chi connectivity index (χ4n) is 2.83. The van der Waals surface area contributed by atoms with Crippen molar-refractivity contribution in [2.24, 2.45) is 4.99 Å². The summed E-state index contributed by atoms with van der Waals surface area (Å²) in [6, 6.07) is 13.7. The number of nitrogens with zero attached hydrogens (tertiary/aromatic N) is 4. The maximum atomic E-state index is 6.41. The fraction of sp³-hybridized carbons (Fsp3) is 0.118. The number of hydrogen-bond donors (Lipinski definition) is 0. The molecule has 24 heavy (non-hydrogen) atoms. The van der Waals surface area contributed by atoms with E-state index in [4.69, 9.17) is 28.2 Å². The lowest BCUT2D eigenvalue weighted by atomic mass is 10.0. The molecule has 0 amide bonds. The summed E-state index contributed by atoms with van der Waals surface area (Å²) in [5, 5.41) is 9.07. The van der Waals surface area contributed by atoms with E-state index in [1.165, 1.54) is 0 Å². The van der Waals surface area contributed by atoms with Crippen LogP contribution in [0.25, 0.3) is 5.69 Å². The van der Waals surface area contributed by atoms with Crippen molar-refractivity contribution in [2.45, 2.75) is 12.4 Å². The number of alkyl halides is 1. The summed E-state index contributed by atoms with van der Waals surface area (Å²) in [6.45, 7) is 0.413. The second kappa shape index (κ2) is 6.31. The van der Waals surface area contributed by atoms with Crippen LogP contribution in [0.2, 0.25) is 5.02 Å². The Bertz CT molecular complexity index is 965. The molecule has 0 spiro atoms. The van der Waals surface area contributed by atoms with Crippen molar-refractivity contribution >= 4 is 44.8 Å². The zero-order chi connectivity index (χ0) is 16.7. The van der Waals surface area contributed by atoms with Crippen LogP contribution in [0.4, 0.5) is 0 Å². The predicted octanol–water partition coefficient (Wildman–Crippen LogP) is 4.77. The minimum absolute atomic E-state index is 0.282. The highest BCUT2D eigenvalue weighted by Crippen LogP contribution is 2.30. The van der Waals surface area contributed by atoms with Gasteiger partial charge in [-0.15, -0.1) is 21.8 Å². The number of aromatic nitrogens is 3. The summed E-state index contributed by atoms with van der Waals surface area (Å²) >= 11 is 16.0. The maximum Gasteiger partial charge on any atom is 0.159 e. The molecule has 1 aliphatic rings. The van der Waals surface area contributed by atoms with Gasteiger partial charge in [-0.25, -0.2) is 0 Å². The van der Waals surface area contributed by atoms with Gasteiger partial charge in [0.05, 0.1) is 17.3 Å². The zero-order valence-corrected chi connectivity index (χ0v) is 15.5. The number of hydrogen-bond acceptors (Lipinski definition) is 3. The van der Waals surface area contributed by atoms with E-state index < -0.39 is 0 Å². The summed E-state index contributed by atoms with van der Waals surface area (Å²) in [5.74, 6) is 1.74. The van der Waals surface area contributed by atoms with Crippen LogP contribution in [0, 0.1) is 0 Å². The fourth-order valence-corrected chi connectivity index (χ4v) is 3.59. The molecule has 0 aliphatic carbocycles. The van der Waals surface area contributed by atoms with Gasteiger partial charge in [-0.1, -0.05) is 45.7 Å². The molecule has 0 fully saturated rings. The number of aliphatic imine (C=N–C) groups is 1. The van der Waals surface area contributed by atoms with Gasteiger partial charge < -0.3 is 0 Å². The summed E-state index contributed by atoms with van der Waals surface area (Å²) in [4.78, 5) is 4.77. The van der Waals surface area contributed by atoms with Crippen molar-refractivity contribution in [3.63, 3.8) is 0 Å². The van der Waals surface area contributed by atoms with Crippen molar-refractivity contribution in [1.29, 1.82) is 0 Å². The number of rotatable bonds is 2. The highest BCUT2D eigenvalue weighted by Gasteiger charge is 2.23. The molecule has 0 saturated carbocycles. The van der Waals surface area contributed by atoms with Gasteiger partial charge in [-0.3, -0.25) is 9.56 Å². The monoisotopic (exact) mass is 420 g/mol. The van der Waals surface area contributed by atoms with Gasteiger partial charge in [0.2, 0.25) is 0 Å². The quantitative estimate of drug-likeness (QED) is 0.559. The zero-order valence-electron chi connectivity index (χ0n) is 12.4. The molecule has 0 atom stereocenters. The number of fused-ring (bicyclic) bond motifs is 3. The molecule has 1 aromatic heterocycles. The van der Waals surface area contributed by atoms with Crippen molar-refractivity contribution in [1.82, 2.24) is 14.8 Å². The molecule has 1 aliphatic heterocycles. The standard InChI is InChI=1S/C17H11BrCl2N4/c18-10-5-6-14-12(7-10)17(11-3-1-2-4-13(11)20)21-9-16-23-22-15(8-19)24(14)16/h1-7H,8-9H2. The third kappa shape index (κ3) is 2.57. The van der Waals surface area contributed by atoms with Crippen LogP contribution in [0.1, 0.15) is 22.8 Å². The van der Waals surface area contributed by atoms with Crippen LogP contribution in [0.15, 0.2) is 51.9 Å². The lowest BCUT2D eigenvalue weighted by molar-refractivity contribution is 0.858. The normalized spacial score (nSPS) is 13.0. The van der Waals surface area contributed by atoms with Gasteiger partial charge >= 0.3 is 0 Å². The minimum Gasteiger partial charge on any atom is -0.280 e. The van der Waals surface area contributed by atoms with Gasteiger partial charge in [-0.2, -0.15) is 0 Å². The molecule has 0 bridgehead atoms. The Balaban J connectivity index is 2.01. The Morgan fingerprint density at radius 3 is 2.71 bits per heavy atom. The highest BCUT2D eigenvalue weighted by atomic mass is 79.9. The molecule has 0 N–H and O–H groups in total. The highest BCUT2D eigenvalue weighted by molar-refractivity contribution is 9.10. The Morgan fingerprint density at radius 1 is 1.08 bits per heavy atom. The molecular weight excluding hydrogens is 411 g/mol. The third-order valence-corrected chi connectivity index (χ3v) is 4.94. The van der Waals surface area contributed by atoms with Crippen molar-refractivity contribution in [3.05, 3.63) is 74.7 Å². The topological polar surface area (TPSA) is 43.1 Å². The molecule has 2 aromatic carbocycles. The van der Waals surface area contributed by atoms with Gasteiger partial charge in [0, 0.05) is 20.6 Å². The van der Waals surface area contributed by atoms with Crippen LogP contribution in [0.3, 0.4) is 0 Å². The second-order valence-electron chi connectivity index (χ2n) is 5.31. The van der Waals surface area contributed by atoms with Crippen LogP contribution in [-0.2, 0) is 12.4 Å². The Labute approximate surface area is 157 Å². The van der Waals surface area contributed by atoms with Gasteiger partial charge in [-0.05, 0) is 24.3 Å². The van der Waals surface area contributed by atoms with Crippen molar-refractivity contribution in [3.8, 4) is 5.69 Å². The lowest BCUT2D eigenvalue weighted by Crippen LogP contribution is -2.09. The van der Waals surface area contributed by atoms with E-state index >= 15 is 0 Å². The molecule has 4 nitrogen and oxygen atoms in total. The van der Waals surface area contributed by atoms with E-state index in [1.54, 1.807) is 0 Å². The average Bonchev–Trinajstić information content (AvgIpc) is 2.93. The molecule has 3 aromatic rings. The molecule has 0 unspecified atom stereocenters. The van der Waals surface area contributed by atoms with E-state index in [1.807, 2.05) is 47.0 Å². The first kappa shape index (κ1) is 15.8.